The second-order valence-corrected chi connectivity index (χ2v) is 12.1. The molecule has 220 valence electrons. The molecule has 1 aromatic heterocycles. The van der Waals surface area contributed by atoms with Gasteiger partial charge in [0.05, 0.1) is 53.6 Å². The Morgan fingerprint density at radius 1 is 0.595 bits per heavy atom. The summed E-state index contributed by atoms with van der Waals surface area (Å²) in [6.07, 6.45) is 18.5. The summed E-state index contributed by atoms with van der Waals surface area (Å²) >= 11 is 0. The lowest BCUT2D eigenvalue weighted by molar-refractivity contribution is -0.905. The van der Waals surface area contributed by atoms with Gasteiger partial charge < -0.3 is 38.5 Å². The van der Waals surface area contributed by atoms with Crippen LogP contribution in [0.3, 0.4) is 0 Å². The Bertz CT molecular complexity index is 668. The molecule has 0 radical (unpaired) electrons. The fourth-order valence-corrected chi connectivity index (χ4v) is 4.84. The minimum Gasteiger partial charge on any atom is -1.00 e. The van der Waals surface area contributed by atoms with Crippen LogP contribution in [0.15, 0.2) is 12.1 Å². The average Bonchev–Trinajstić information content (AvgIpc) is 2.79. The van der Waals surface area contributed by atoms with Gasteiger partial charge in [0.25, 0.3) is 0 Å². The Kier molecular flexibility index (Phi) is 23.2. The summed E-state index contributed by atoms with van der Waals surface area (Å²) in [5.74, 6) is 0.998. The van der Waals surface area contributed by atoms with Crippen molar-refractivity contribution < 1.29 is 38.5 Å². The van der Waals surface area contributed by atoms with E-state index in [1.807, 2.05) is 0 Å². The van der Waals surface area contributed by atoms with Crippen molar-refractivity contribution in [2.45, 2.75) is 124 Å². The second kappa shape index (κ2) is 22.3. The molecule has 0 fully saturated rings. The van der Waals surface area contributed by atoms with Crippen LogP contribution in [0.25, 0.3) is 0 Å². The molecule has 0 spiro atoms. The quantitative estimate of drug-likeness (QED) is 0.160. The van der Waals surface area contributed by atoms with E-state index in [2.05, 4.69) is 61.1 Å². The van der Waals surface area contributed by atoms with E-state index in [4.69, 9.17) is 9.72 Å². The zero-order chi connectivity index (χ0) is 26.0. The summed E-state index contributed by atoms with van der Waals surface area (Å²) in [5, 5.41) is 0. The van der Waals surface area contributed by atoms with Gasteiger partial charge >= 0.3 is 0 Å². The summed E-state index contributed by atoms with van der Waals surface area (Å²) in [5.41, 5.74) is 2.35. The highest BCUT2D eigenvalue weighted by Crippen LogP contribution is 2.23. The Morgan fingerprint density at radius 3 is 1.57 bits per heavy atom. The molecule has 37 heavy (non-hydrogen) atoms. The maximum absolute atomic E-state index is 6.21. The van der Waals surface area contributed by atoms with E-state index in [-0.39, 0.29) is 24.8 Å². The van der Waals surface area contributed by atoms with Gasteiger partial charge in [0.15, 0.2) is 0 Å². The topological polar surface area (TPSA) is 22.1 Å². The van der Waals surface area contributed by atoms with Gasteiger partial charge in [0, 0.05) is 0 Å². The number of pyridine rings is 1. The molecular weight excluding hydrogens is 501 g/mol. The maximum Gasteiger partial charge on any atom is 0.146 e. The number of nitrogens with zero attached hydrogens (tertiary/aromatic N) is 3. The fraction of sp³-hybridized carbons (Fsp3) is 0.839. The molecule has 0 aliphatic heterocycles. The molecule has 0 saturated heterocycles. The number of hydrogen-bond acceptors (Lipinski definition) is 2. The molecular formula is C31H61Cl2N3O. The Labute approximate surface area is 243 Å². The monoisotopic (exact) mass is 561 g/mol. The third kappa shape index (κ3) is 19.2. The third-order valence-electron chi connectivity index (χ3n) is 7.15. The molecule has 1 aromatic rings. The highest BCUT2D eigenvalue weighted by atomic mass is 35.5. The summed E-state index contributed by atoms with van der Waals surface area (Å²) in [7, 11) is 9.43. The minimum atomic E-state index is 0. The number of hydrogen-bond donors (Lipinski definition) is 0. The number of halogens is 2. The number of ether oxygens (including phenoxy) is 1. The van der Waals surface area contributed by atoms with Gasteiger partial charge in [0.2, 0.25) is 0 Å². The lowest BCUT2D eigenvalue weighted by atomic mass is 10.1. The number of unbranched alkanes of at least 4 members (excludes halogenated alkanes) is 11. The Morgan fingerprint density at radius 2 is 1.05 bits per heavy atom. The smallest absolute Gasteiger partial charge is 0.146 e. The van der Waals surface area contributed by atoms with Crippen LogP contribution in [0.4, 0.5) is 0 Å². The normalized spacial score (nSPS) is 11.6. The molecule has 4 nitrogen and oxygen atoms in total. The standard InChI is InChI=1S/C31H61N3O.2ClH/c1-8-11-14-16-18-20-24-33(4,5)27-29-22-23-31(35-26-13-10-3)30(32-29)28-34(6,7)25-21-19-17-15-12-9-2;;/h22-23H,8-21,24-28H2,1-7H3;2*1H/q+2;;/p-2. The van der Waals surface area contributed by atoms with Crippen LogP contribution in [-0.4, -0.2) is 61.8 Å². The predicted octanol–water partition coefficient (Wildman–Crippen LogP) is 2.14. The molecule has 6 heteroatoms. The van der Waals surface area contributed by atoms with Gasteiger partial charge in [-0.3, -0.25) is 0 Å². The summed E-state index contributed by atoms with van der Waals surface area (Å²) < 4.78 is 8.20. The van der Waals surface area contributed by atoms with E-state index in [1.165, 1.54) is 95.8 Å². The van der Waals surface area contributed by atoms with Gasteiger partial charge in [-0.25, -0.2) is 4.98 Å². The van der Waals surface area contributed by atoms with Crippen molar-refractivity contribution in [2.24, 2.45) is 0 Å². The Hall–Kier alpha value is -0.550. The average molecular weight is 563 g/mol. The van der Waals surface area contributed by atoms with Crippen molar-refractivity contribution in [1.29, 1.82) is 0 Å². The maximum atomic E-state index is 6.21. The number of rotatable bonds is 22. The third-order valence-corrected chi connectivity index (χ3v) is 7.15. The molecule has 0 N–H and O–H groups in total. The van der Waals surface area contributed by atoms with Gasteiger partial charge in [0.1, 0.15) is 24.5 Å². The van der Waals surface area contributed by atoms with Crippen molar-refractivity contribution in [3.63, 3.8) is 0 Å². The SMILES string of the molecule is CCCCCCCC[N+](C)(C)Cc1ccc(OCCCC)c(C[N+](C)(C)CCCCCCCC)n1.[Cl-].[Cl-]. The van der Waals surface area contributed by atoms with Crippen molar-refractivity contribution in [2.75, 3.05) is 47.9 Å². The first-order valence-corrected chi connectivity index (χ1v) is 15.0. The zero-order valence-corrected chi connectivity index (χ0v) is 27.1. The predicted molar refractivity (Wildman–Crippen MR) is 153 cm³/mol. The first-order valence-electron chi connectivity index (χ1n) is 15.0. The highest BCUT2D eigenvalue weighted by Gasteiger charge is 2.22. The van der Waals surface area contributed by atoms with Crippen LogP contribution in [0.1, 0.15) is 122 Å². The van der Waals surface area contributed by atoms with Crippen molar-refractivity contribution in [3.05, 3.63) is 23.5 Å². The Balaban J connectivity index is 0. The van der Waals surface area contributed by atoms with Crippen molar-refractivity contribution in [3.8, 4) is 5.75 Å². The van der Waals surface area contributed by atoms with Gasteiger partial charge in [-0.05, 0) is 44.2 Å². The number of quaternary nitrogens is 2. The summed E-state index contributed by atoms with van der Waals surface area (Å²) in [4.78, 5) is 5.20. The van der Waals surface area contributed by atoms with Crippen molar-refractivity contribution >= 4 is 0 Å². The van der Waals surface area contributed by atoms with E-state index >= 15 is 0 Å². The fourth-order valence-electron chi connectivity index (χ4n) is 4.84. The molecule has 0 amide bonds. The summed E-state index contributed by atoms with van der Waals surface area (Å²) in [6.45, 7) is 11.9. The van der Waals surface area contributed by atoms with Crippen LogP contribution in [0.2, 0.25) is 0 Å². The molecule has 0 bridgehead atoms. The van der Waals surface area contributed by atoms with E-state index in [1.54, 1.807) is 0 Å². The summed E-state index contributed by atoms with van der Waals surface area (Å²) in [6, 6.07) is 4.41. The molecule has 0 aromatic carbocycles. The number of aromatic nitrogens is 1. The first kappa shape index (κ1) is 38.6. The van der Waals surface area contributed by atoms with Crippen LogP contribution in [-0.2, 0) is 13.1 Å². The van der Waals surface area contributed by atoms with Crippen LogP contribution >= 0.6 is 0 Å². The molecule has 0 aliphatic carbocycles. The molecule has 1 heterocycles. The highest BCUT2D eigenvalue weighted by molar-refractivity contribution is 5.29. The molecule has 0 unspecified atom stereocenters. The van der Waals surface area contributed by atoms with Crippen LogP contribution < -0.4 is 29.6 Å². The lowest BCUT2D eigenvalue weighted by Gasteiger charge is -2.31. The molecule has 0 aliphatic rings. The van der Waals surface area contributed by atoms with Gasteiger partial charge in [-0.15, -0.1) is 0 Å². The van der Waals surface area contributed by atoms with Gasteiger partial charge in [-0.1, -0.05) is 78.6 Å². The first-order chi connectivity index (χ1) is 16.7. The largest absolute Gasteiger partial charge is 1.00 e. The van der Waals surface area contributed by atoms with Crippen LogP contribution in [0, 0.1) is 0 Å². The van der Waals surface area contributed by atoms with E-state index < -0.39 is 0 Å². The molecule has 0 atom stereocenters. The lowest BCUT2D eigenvalue weighted by Crippen LogP contribution is -3.00. The zero-order valence-electron chi connectivity index (χ0n) is 25.6. The van der Waals surface area contributed by atoms with Crippen LogP contribution in [0.5, 0.6) is 5.75 Å². The molecule has 1 rings (SSSR count). The van der Waals surface area contributed by atoms with Gasteiger partial charge in [-0.2, -0.15) is 0 Å². The van der Waals surface area contributed by atoms with E-state index in [9.17, 15) is 0 Å². The van der Waals surface area contributed by atoms with E-state index in [0.717, 1.165) is 52.9 Å². The second-order valence-electron chi connectivity index (χ2n) is 12.1. The molecule has 0 saturated carbocycles. The van der Waals surface area contributed by atoms with E-state index in [0.29, 0.717) is 0 Å². The van der Waals surface area contributed by atoms with Crippen molar-refractivity contribution in [1.82, 2.24) is 4.98 Å². The minimum absolute atomic E-state index is 0.